The summed E-state index contributed by atoms with van der Waals surface area (Å²) in [7, 11) is 0. The first kappa shape index (κ1) is 15.9. The molecule has 1 aromatic heterocycles. The van der Waals surface area contributed by atoms with Crippen LogP contribution in [0, 0.1) is 5.41 Å². The van der Waals surface area contributed by atoms with Gasteiger partial charge in [-0.1, -0.05) is 40.0 Å². The lowest BCUT2D eigenvalue weighted by molar-refractivity contribution is 0.201. The number of carbonyl (C=O) groups is 1. The zero-order valence-electron chi connectivity index (χ0n) is 13.4. The van der Waals surface area contributed by atoms with Gasteiger partial charge >= 0.3 is 6.03 Å². The minimum Gasteiger partial charge on any atom is -0.335 e. The maximum absolute atomic E-state index is 12.2. The zero-order chi connectivity index (χ0) is 15.3. The van der Waals surface area contributed by atoms with Crippen molar-refractivity contribution in [2.45, 2.75) is 71.5 Å². The minimum atomic E-state index is -0.0472. The molecule has 0 radical (unpaired) electrons. The fourth-order valence-corrected chi connectivity index (χ4v) is 2.76. The summed E-state index contributed by atoms with van der Waals surface area (Å²) < 4.78 is 1.87. The van der Waals surface area contributed by atoms with Gasteiger partial charge in [0.05, 0.1) is 12.6 Å². The Balaban J connectivity index is 1.89. The molecule has 0 spiro atoms. The van der Waals surface area contributed by atoms with Gasteiger partial charge in [0.15, 0.2) is 0 Å². The molecule has 1 unspecified atom stereocenters. The van der Waals surface area contributed by atoms with Crippen LogP contribution in [-0.4, -0.2) is 27.9 Å². The van der Waals surface area contributed by atoms with Gasteiger partial charge < -0.3 is 10.6 Å². The number of hydrogen-bond donors (Lipinski definition) is 2. The lowest BCUT2D eigenvalue weighted by Gasteiger charge is -2.32. The largest absolute Gasteiger partial charge is 0.335 e. The Bertz CT molecular complexity index is 430. The number of aromatic nitrogens is 2. The molecule has 5 nitrogen and oxygen atoms in total. The van der Waals surface area contributed by atoms with Crippen LogP contribution in [0.25, 0.3) is 0 Å². The predicted octanol–water partition coefficient (Wildman–Crippen LogP) is 2.93. The van der Waals surface area contributed by atoms with Crippen LogP contribution in [0.1, 0.15) is 52.9 Å². The van der Waals surface area contributed by atoms with E-state index in [1.165, 1.54) is 19.3 Å². The van der Waals surface area contributed by atoms with E-state index in [9.17, 15) is 4.79 Å². The molecule has 2 amide bonds. The minimum absolute atomic E-state index is 0.0180. The van der Waals surface area contributed by atoms with Gasteiger partial charge in [-0.3, -0.25) is 4.68 Å². The van der Waals surface area contributed by atoms with Crippen LogP contribution in [0.5, 0.6) is 0 Å². The molecular weight excluding hydrogens is 264 g/mol. The van der Waals surface area contributed by atoms with Crippen LogP contribution < -0.4 is 10.6 Å². The van der Waals surface area contributed by atoms with Crippen molar-refractivity contribution in [3.63, 3.8) is 0 Å². The Kier molecular flexibility index (Phi) is 5.26. The SMILES string of the molecule is CC(C)(C)C(Cn1cccn1)NC(=O)NC1CCCCC1. The number of hydrogen-bond acceptors (Lipinski definition) is 2. The van der Waals surface area contributed by atoms with Crippen molar-refractivity contribution in [2.75, 3.05) is 0 Å². The van der Waals surface area contributed by atoms with Crippen LogP contribution in [0.3, 0.4) is 0 Å². The number of amides is 2. The highest BCUT2D eigenvalue weighted by Gasteiger charge is 2.27. The van der Waals surface area contributed by atoms with Crippen molar-refractivity contribution in [1.82, 2.24) is 20.4 Å². The monoisotopic (exact) mass is 292 g/mol. The molecule has 0 bridgehead atoms. The first-order valence-electron chi connectivity index (χ1n) is 7.99. The fraction of sp³-hybridized carbons (Fsp3) is 0.750. The fourth-order valence-electron chi connectivity index (χ4n) is 2.76. The van der Waals surface area contributed by atoms with Crippen molar-refractivity contribution in [1.29, 1.82) is 0 Å². The molecule has 2 N–H and O–H groups in total. The van der Waals surface area contributed by atoms with Gasteiger partial charge in [-0.15, -0.1) is 0 Å². The summed E-state index contributed by atoms with van der Waals surface area (Å²) in [6.07, 6.45) is 9.65. The number of nitrogens with one attached hydrogen (secondary N) is 2. The van der Waals surface area contributed by atoms with Gasteiger partial charge in [0.1, 0.15) is 0 Å². The normalized spacial score (nSPS) is 18.2. The van der Waals surface area contributed by atoms with Gasteiger partial charge in [-0.05, 0) is 24.3 Å². The summed E-state index contributed by atoms with van der Waals surface area (Å²) in [5.41, 5.74) is -0.0180. The molecule has 21 heavy (non-hydrogen) atoms. The smallest absolute Gasteiger partial charge is 0.315 e. The third-order valence-corrected chi connectivity index (χ3v) is 4.22. The topological polar surface area (TPSA) is 59.0 Å². The number of nitrogens with zero attached hydrogens (tertiary/aromatic N) is 2. The quantitative estimate of drug-likeness (QED) is 0.896. The van der Waals surface area contributed by atoms with Gasteiger partial charge in [-0.25, -0.2) is 4.79 Å². The Morgan fingerprint density at radius 2 is 2.05 bits per heavy atom. The van der Waals surface area contributed by atoms with E-state index < -0.39 is 0 Å². The van der Waals surface area contributed by atoms with Gasteiger partial charge in [0.2, 0.25) is 0 Å². The van der Waals surface area contributed by atoms with Crippen molar-refractivity contribution < 1.29 is 4.79 Å². The van der Waals surface area contributed by atoms with Gasteiger partial charge in [-0.2, -0.15) is 5.10 Å². The standard InChI is InChI=1S/C16H28N4O/c1-16(2,3)14(12-20-11-7-10-17-20)19-15(21)18-13-8-5-4-6-9-13/h7,10-11,13-14H,4-6,8-9,12H2,1-3H3,(H2,18,19,21). The summed E-state index contributed by atoms with van der Waals surface area (Å²) in [5, 5.41) is 10.5. The highest BCUT2D eigenvalue weighted by Crippen LogP contribution is 2.21. The van der Waals surface area contributed by atoms with E-state index in [2.05, 4.69) is 36.5 Å². The predicted molar refractivity (Wildman–Crippen MR) is 84.0 cm³/mol. The Morgan fingerprint density at radius 3 is 2.62 bits per heavy atom. The second kappa shape index (κ2) is 6.96. The van der Waals surface area contributed by atoms with E-state index in [0.29, 0.717) is 12.6 Å². The molecular formula is C16H28N4O. The molecule has 118 valence electrons. The number of rotatable bonds is 4. The molecule has 0 saturated heterocycles. The Morgan fingerprint density at radius 1 is 1.33 bits per heavy atom. The molecule has 1 aliphatic rings. The van der Waals surface area contributed by atoms with E-state index in [4.69, 9.17) is 0 Å². The van der Waals surface area contributed by atoms with Gasteiger partial charge in [0, 0.05) is 18.4 Å². The van der Waals surface area contributed by atoms with E-state index in [1.54, 1.807) is 6.20 Å². The first-order chi connectivity index (χ1) is 9.95. The van der Waals surface area contributed by atoms with Crippen molar-refractivity contribution in [2.24, 2.45) is 5.41 Å². The Labute approximate surface area is 127 Å². The lowest BCUT2D eigenvalue weighted by atomic mass is 9.86. The van der Waals surface area contributed by atoms with Crippen LogP contribution in [-0.2, 0) is 6.54 Å². The first-order valence-corrected chi connectivity index (χ1v) is 7.99. The average Bonchev–Trinajstić information content (AvgIpc) is 2.91. The second-order valence-corrected chi connectivity index (χ2v) is 7.10. The number of carbonyl (C=O) groups excluding carboxylic acids is 1. The second-order valence-electron chi connectivity index (χ2n) is 7.10. The molecule has 1 aliphatic carbocycles. The third kappa shape index (κ3) is 5.06. The third-order valence-electron chi connectivity index (χ3n) is 4.22. The highest BCUT2D eigenvalue weighted by molar-refractivity contribution is 5.74. The summed E-state index contributed by atoms with van der Waals surface area (Å²) >= 11 is 0. The molecule has 1 saturated carbocycles. The highest BCUT2D eigenvalue weighted by atomic mass is 16.2. The van der Waals surface area contributed by atoms with E-state index in [1.807, 2.05) is 16.9 Å². The average molecular weight is 292 g/mol. The Hall–Kier alpha value is -1.52. The number of urea groups is 1. The van der Waals surface area contributed by atoms with Gasteiger partial charge in [0.25, 0.3) is 0 Å². The van der Waals surface area contributed by atoms with Crippen LogP contribution in [0.4, 0.5) is 4.79 Å². The van der Waals surface area contributed by atoms with Crippen molar-refractivity contribution in [3.8, 4) is 0 Å². The molecule has 1 aromatic rings. The van der Waals surface area contributed by atoms with E-state index >= 15 is 0 Å². The van der Waals surface area contributed by atoms with E-state index in [-0.39, 0.29) is 17.5 Å². The molecule has 0 aliphatic heterocycles. The zero-order valence-corrected chi connectivity index (χ0v) is 13.4. The summed E-state index contributed by atoms with van der Waals surface area (Å²) in [5.74, 6) is 0. The van der Waals surface area contributed by atoms with Crippen LogP contribution >= 0.6 is 0 Å². The summed E-state index contributed by atoms with van der Waals surface area (Å²) in [6.45, 7) is 7.11. The van der Waals surface area contributed by atoms with Crippen molar-refractivity contribution in [3.05, 3.63) is 18.5 Å². The van der Waals surface area contributed by atoms with Crippen molar-refractivity contribution >= 4 is 6.03 Å². The van der Waals surface area contributed by atoms with E-state index in [0.717, 1.165) is 12.8 Å². The maximum Gasteiger partial charge on any atom is 0.315 e. The molecule has 0 aromatic carbocycles. The summed E-state index contributed by atoms with van der Waals surface area (Å²) in [4.78, 5) is 12.2. The molecule has 2 rings (SSSR count). The molecule has 1 atom stereocenters. The van der Waals surface area contributed by atoms with Crippen LogP contribution in [0.15, 0.2) is 18.5 Å². The molecule has 1 heterocycles. The summed E-state index contributed by atoms with van der Waals surface area (Å²) in [6, 6.07) is 2.24. The molecule has 5 heteroatoms. The lowest BCUT2D eigenvalue weighted by Crippen LogP contribution is -2.52. The maximum atomic E-state index is 12.2. The molecule has 1 fully saturated rings. The van der Waals surface area contributed by atoms with Crippen LogP contribution in [0.2, 0.25) is 0 Å².